The largest absolute Gasteiger partial charge is 0.497 e. The molecule has 1 aliphatic heterocycles. The number of likely N-dealkylation sites (N-methyl/N-ethyl adjacent to an activating group) is 1. The maximum Gasteiger partial charge on any atom is 0.410 e. The molecule has 0 spiro atoms. The number of hydrogen-bond donors (Lipinski definition) is 2. The molecule has 51 heavy (non-hydrogen) atoms. The van der Waals surface area contributed by atoms with Gasteiger partial charge in [0.25, 0.3) is 5.91 Å². The molecule has 2 heterocycles. The van der Waals surface area contributed by atoms with Crippen LogP contribution in [0.5, 0.6) is 11.6 Å². The Balaban J connectivity index is 1.45. The first-order valence-corrected chi connectivity index (χ1v) is 18.9. The Hall–Kier alpha value is -4.40. The minimum absolute atomic E-state index is 0.0178. The number of nitrogens with one attached hydrogen (secondary N) is 2. The summed E-state index contributed by atoms with van der Waals surface area (Å²) >= 11 is 0. The van der Waals surface area contributed by atoms with Crippen LogP contribution >= 0.6 is 0 Å². The molecule has 3 fully saturated rings. The number of pyridine rings is 1. The lowest BCUT2D eigenvalue weighted by atomic mass is 10.1. The zero-order valence-corrected chi connectivity index (χ0v) is 31.0. The Kier molecular flexibility index (Phi) is 10.9. The van der Waals surface area contributed by atoms with E-state index >= 15 is 0 Å². The molecule has 14 nitrogen and oxygen atoms in total. The smallest absolute Gasteiger partial charge is 0.410 e. The molecule has 1 aromatic heterocycles. The maximum atomic E-state index is 14.5. The van der Waals surface area contributed by atoms with E-state index in [1.54, 1.807) is 40.1 Å². The van der Waals surface area contributed by atoms with Gasteiger partial charge in [-0.05, 0) is 76.1 Å². The summed E-state index contributed by atoms with van der Waals surface area (Å²) in [6.45, 7) is 10.9. The normalized spacial score (nSPS) is 23.6. The fourth-order valence-corrected chi connectivity index (χ4v) is 7.80. The van der Waals surface area contributed by atoms with Crippen LogP contribution in [0.1, 0.15) is 72.6 Å². The van der Waals surface area contributed by atoms with Gasteiger partial charge in [0.15, 0.2) is 0 Å². The number of nitrogens with zero attached hydrogens (tertiary/aromatic N) is 3. The maximum absolute atomic E-state index is 14.5. The highest BCUT2D eigenvalue weighted by atomic mass is 32.2. The summed E-state index contributed by atoms with van der Waals surface area (Å²) in [5.74, 6) is -1.52. The Bertz CT molecular complexity index is 1790. The van der Waals surface area contributed by atoms with Gasteiger partial charge < -0.3 is 24.4 Å². The Morgan fingerprint density at radius 2 is 1.92 bits per heavy atom. The van der Waals surface area contributed by atoms with E-state index in [0.29, 0.717) is 42.7 Å². The van der Waals surface area contributed by atoms with Crippen LogP contribution in [-0.4, -0.2) is 102 Å². The van der Waals surface area contributed by atoms with Crippen molar-refractivity contribution in [2.45, 2.75) is 107 Å². The molecule has 1 aromatic carbocycles. The number of methoxy groups -OCH3 is 1. The van der Waals surface area contributed by atoms with Crippen molar-refractivity contribution < 1.29 is 41.8 Å². The molecule has 2 aliphatic carbocycles. The molecule has 4 amide bonds. The number of rotatable bonds is 14. The second-order valence-corrected chi connectivity index (χ2v) is 16.6. The van der Waals surface area contributed by atoms with Crippen LogP contribution in [0.4, 0.5) is 4.79 Å². The summed E-state index contributed by atoms with van der Waals surface area (Å²) in [5, 5.41) is 3.68. The minimum atomic E-state index is -3.89. The van der Waals surface area contributed by atoms with Gasteiger partial charge in [0.2, 0.25) is 27.7 Å². The van der Waals surface area contributed by atoms with E-state index in [9.17, 15) is 27.6 Å². The fourth-order valence-electron chi connectivity index (χ4n) is 6.43. The van der Waals surface area contributed by atoms with E-state index < -0.39 is 74.3 Å². The van der Waals surface area contributed by atoms with Crippen molar-refractivity contribution in [1.82, 2.24) is 24.8 Å². The molecule has 0 radical (unpaired) electrons. The number of ether oxygens (including phenoxy) is 3. The van der Waals surface area contributed by atoms with E-state index in [1.807, 2.05) is 25.1 Å². The molecule has 2 aromatic rings. The van der Waals surface area contributed by atoms with Crippen molar-refractivity contribution in [3.05, 3.63) is 43.1 Å². The van der Waals surface area contributed by atoms with Gasteiger partial charge in [0.1, 0.15) is 35.1 Å². The molecule has 2 N–H and O–H groups in total. The predicted molar refractivity (Wildman–Crippen MR) is 189 cm³/mol. The zero-order valence-electron chi connectivity index (χ0n) is 30.1. The molecule has 2 unspecified atom stereocenters. The van der Waals surface area contributed by atoms with Gasteiger partial charge in [0.05, 0.1) is 18.9 Å². The number of hydrogen-bond acceptors (Lipinski definition) is 10. The lowest BCUT2D eigenvalue weighted by molar-refractivity contribution is -0.143. The summed E-state index contributed by atoms with van der Waals surface area (Å²) in [5.41, 5.74) is -2.35. The number of likely N-dealkylation sites (tertiary alicyclic amines) is 1. The highest BCUT2D eigenvalue weighted by Gasteiger charge is 2.62. The van der Waals surface area contributed by atoms with Gasteiger partial charge in [0, 0.05) is 31.0 Å². The van der Waals surface area contributed by atoms with E-state index in [1.165, 1.54) is 22.9 Å². The van der Waals surface area contributed by atoms with Crippen molar-refractivity contribution in [2.75, 3.05) is 20.7 Å². The topological polar surface area (TPSA) is 174 Å². The van der Waals surface area contributed by atoms with E-state index in [4.69, 9.17) is 14.2 Å². The number of carbonyl (C=O) groups is 4. The molecule has 3 aliphatic rings. The van der Waals surface area contributed by atoms with Crippen molar-refractivity contribution in [3.8, 4) is 11.6 Å². The second kappa shape index (κ2) is 14.7. The molecule has 1 saturated heterocycles. The molecular weight excluding hydrogens is 678 g/mol. The Labute approximate surface area is 299 Å². The van der Waals surface area contributed by atoms with Crippen molar-refractivity contribution >= 4 is 44.6 Å². The lowest BCUT2D eigenvalue weighted by Crippen LogP contribution is -2.58. The van der Waals surface area contributed by atoms with Crippen LogP contribution in [0.25, 0.3) is 10.8 Å². The van der Waals surface area contributed by atoms with Crippen LogP contribution < -0.4 is 19.5 Å². The first kappa shape index (κ1) is 37.8. The minimum Gasteiger partial charge on any atom is -0.497 e. The fraction of sp³-hybridized carbons (Fsp3) is 0.583. The lowest BCUT2D eigenvalue weighted by Gasteiger charge is -2.34. The third-order valence-corrected chi connectivity index (χ3v) is 11.4. The SMILES string of the molecule is C=CC1C[C@]1(NC(=O)[C@@H]1C[C@@H](Oc2nccc3cc(OC)ccc23)CN1C(=O)C(CCCC)N(C)C(=O)OC(C)(C)C)C(=O)NS(=O)(=O)C1CC1. The highest BCUT2D eigenvalue weighted by molar-refractivity contribution is 7.91. The third kappa shape index (κ3) is 8.40. The van der Waals surface area contributed by atoms with Gasteiger partial charge in [-0.15, -0.1) is 6.58 Å². The molecule has 5 rings (SSSR count). The Morgan fingerprint density at radius 1 is 1.20 bits per heavy atom. The van der Waals surface area contributed by atoms with Crippen molar-refractivity contribution in [3.63, 3.8) is 0 Å². The van der Waals surface area contributed by atoms with Crippen LogP contribution in [0.3, 0.4) is 0 Å². The molecule has 2 saturated carbocycles. The Morgan fingerprint density at radius 3 is 2.53 bits per heavy atom. The van der Waals surface area contributed by atoms with Gasteiger partial charge in [-0.1, -0.05) is 25.8 Å². The average molecular weight is 728 g/mol. The van der Waals surface area contributed by atoms with Gasteiger partial charge >= 0.3 is 6.09 Å². The molecular formula is C36H49N5O9S. The monoisotopic (exact) mass is 727 g/mol. The van der Waals surface area contributed by atoms with Gasteiger partial charge in [-0.3, -0.25) is 24.0 Å². The quantitative estimate of drug-likeness (QED) is 0.273. The predicted octanol–water partition coefficient (Wildman–Crippen LogP) is 3.69. The number of sulfonamides is 1. The van der Waals surface area contributed by atoms with Gasteiger partial charge in [-0.2, -0.15) is 0 Å². The van der Waals surface area contributed by atoms with Crippen molar-refractivity contribution in [1.29, 1.82) is 0 Å². The zero-order chi connectivity index (χ0) is 37.3. The first-order chi connectivity index (χ1) is 24.0. The first-order valence-electron chi connectivity index (χ1n) is 17.4. The molecule has 15 heteroatoms. The summed E-state index contributed by atoms with van der Waals surface area (Å²) in [7, 11) is -0.821. The summed E-state index contributed by atoms with van der Waals surface area (Å²) in [6.07, 6.45) is 4.53. The summed E-state index contributed by atoms with van der Waals surface area (Å²) in [4.78, 5) is 62.5. The van der Waals surface area contributed by atoms with Crippen molar-refractivity contribution in [2.24, 2.45) is 5.92 Å². The summed E-state index contributed by atoms with van der Waals surface area (Å²) < 4.78 is 44.8. The number of benzene rings is 1. The van der Waals surface area contributed by atoms with E-state index in [2.05, 4.69) is 21.6 Å². The number of carbonyl (C=O) groups excluding carboxylic acids is 4. The molecule has 278 valence electrons. The van der Waals surface area contributed by atoms with Gasteiger partial charge in [-0.25, -0.2) is 18.2 Å². The number of fused-ring (bicyclic) bond motifs is 1. The number of unbranched alkanes of at least 4 members (excludes halogenated alkanes) is 1. The highest BCUT2D eigenvalue weighted by Crippen LogP contribution is 2.45. The molecule has 5 atom stereocenters. The molecule has 0 bridgehead atoms. The third-order valence-electron chi connectivity index (χ3n) is 9.58. The summed E-state index contributed by atoms with van der Waals surface area (Å²) in [6, 6.07) is 5.17. The van der Waals surface area contributed by atoms with Crippen LogP contribution in [0, 0.1) is 5.92 Å². The average Bonchev–Trinajstić information content (AvgIpc) is 4.00. The second-order valence-electron chi connectivity index (χ2n) is 14.6. The van der Waals surface area contributed by atoms with Crippen LogP contribution in [-0.2, 0) is 29.1 Å². The number of amides is 4. The number of aromatic nitrogens is 1. The van der Waals surface area contributed by atoms with Crippen LogP contribution in [0.2, 0.25) is 0 Å². The van der Waals surface area contributed by atoms with E-state index in [0.717, 1.165) is 11.8 Å². The standard InChI is InChI=1S/C36H49N5O9S/c1-8-10-11-28(40(6)34(45)50-35(3,4)5)32(43)41-21-25(49-31-27-15-12-24(48-7)18-22(27)16-17-37-31)19-29(41)30(42)38-36(20-23(36)9-2)33(44)39-51(46,47)26-13-14-26/h9,12,15-18,23,25-26,28-29H,2,8,10-11,13-14,19-21H2,1,3-7H3,(H,38,42)(H,39,44)/t23?,25-,28?,29+,36-/m1/s1. The van der Waals surface area contributed by atoms with E-state index in [-0.39, 0.29) is 19.4 Å². The van der Waals surface area contributed by atoms with Crippen LogP contribution in [0.15, 0.2) is 43.1 Å².